The van der Waals surface area contributed by atoms with E-state index < -0.39 is 0 Å². The van der Waals surface area contributed by atoms with E-state index in [-0.39, 0.29) is 5.91 Å². The zero-order chi connectivity index (χ0) is 17.6. The van der Waals surface area contributed by atoms with E-state index in [4.69, 9.17) is 9.47 Å². The summed E-state index contributed by atoms with van der Waals surface area (Å²) in [6.45, 7) is 1.42. The molecule has 0 aromatic heterocycles. The van der Waals surface area contributed by atoms with Crippen LogP contribution in [0.25, 0.3) is 5.57 Å². The van der Waals surface area contributed by atoms with Crippen LogP contribution in [0.5, 0.6) is 11.5 Å². The normalized spacial score (nSPS) is 14.0. The largest absolute Gasteiger partial charge is 0.493 e. The molecule has 0 saturated carbocycles. The number of ether oxygens (including phenoxy) is 2. The van der Waals surface area contributed by atoms with Crippen molar-refractivity contribution in [1.82, 2.24) is 4.90 Å². The quantitative estimate of drug-likeness (QED) is 0.837. The third-order valence-electron chi connectivity index (χ3n) is 4.51. The van der Waals surface area contributed by atoms with E-state index in [2.05, 4.69) is 18.2 Å². The lowest BCUT2D eigenvalue weighted by molar-refractivity contribution is -0.130. The molecule has 4 nitrogen and oxygen atoms in total. The van der Waals surface area contributed by atoms with E-state index in [0.717, 1.165) is 18.5 Å². The first-order valence-corrected chi connectivity index (χ1v) is 8.44. The van der Waals surface area contributed by atoms with Crippen LogP contribution in [-0.4, -0.2) is 38.1 Å². The summed E-state index contributed by atoms with van der Waals surface area (Å²) < 4.78 is 10.5. The van der Waals surface area contributed by atoms with Gasteiger partial charge in [-0.15, -0.1) is 0 Å². The van der Waals surface area contributed by atoms with Gasteiger partial charge in [-0.25, -0.2) is 0 Å². The summed E-state index contributed by atoms with van der Waals surface area (Å²) >= 11 is 0. The molecule has 0 aliphatic carbocycles. The molecule has 0 saturated heterocycles. The first-order valence-electron chi connectivity index (χ1n) is 8.44. The van der Waals surface area contributed by atoms with Crippen molar-refractivity contribution in [3.8, 4) is 11.5 Å². The Hall–Kier alpha value is -2.75. The van der Waals surface area contributed by atoms with E-state index >= 15 is 0 Å². The summed E-state index contributed by atoms with van der Waals surface area (Å²) in [6, 6.07) is 16.0. The van der Waals surface area contributed by atoms with Crippen LogP contribution in [0.2, 0.25) is 0 Å². The highest BCUT2D eigenvalue weighted by atomic mass is 16.5. The minimum absolute atomic E-state index is 0.135. The molecular formula is C21H23NO3. The molecule has 25 heavy (non-hydrogen) atoms. The first-order chi connectivity index (χ1) is 12.2. The number of carbonyl (C=O) groups is 1. The van der Waals surface area contributed by atoms with Crippen LogP contribution in [0.1, 0.15) is 17.5 Å². The molecule has 1 amide bonds. The molecule has 130 valence electrons. The van der Waals surface area contributed by atoms with E-state index in [9.17, 15) is 4.79 Å². The molecule has 0 N–H and O–H groups in total. The van der Waals surface area contributed by atoms with Crippen LogP contribution >= 0.6 is 0 Å². The summed E-state index contributed by atoms with van der Waals surface area (Å²) in [7, 11) is 3.21. The molecule has 0 bridgehead atoms. The fraction of sp³-hybridized carbons (Fsp3) is 0.286. The number of benzene rings is 2. The summed E-state index contributed by atoms with van der Waals surface area (Å²) in [5, 5.41) is 0. The maximum Gasteiger partial charge on any atom is 0.227 e. The number of amides is 1. The molecule has 2 aromatic rings. The van der Waals surface area contributed by atoms with Gasteiger partial charge in [0, 0.05) is 13.1 Å². The second-order valence-electron chi connectivity index (χ2n) is 6.05. The molecule has 0 radical (unpaired) electrons. The Morgan fingerprint density at radius 1 is 1.04 bits per heavy atom. The second-order valence-corrected chi connectivity index (χ2v) is 6.05. The lowest BCUT2D eigenvalue weighted by atomic mass is 9.99. The van der Waals surface area contributed by atoms with Gasteiger partial charge in [-0.3, -0.25) is 4.79 Å². The fourth-order valence-electron chi connectivity index (χ4n) is 3.09. The maximum absolute atomic E-state index is 12.6. The smallest absolute Gasteiger partial charge is 0.227 e. The third-order valence-corrected chi connectivity index (χ3v) is 4.51. The van der Waals surface area contributed by atoms with Gasteiger partial charge < -0.3 is 14.4 Å². The average Bonchev–Trinajstić information content (AvgIpc) is 2.68. The van der Waals surface area contributed by atoms with Gasteiger partial charge in [-0.2, -0.15) is 0 Å². The molecule has 0 spiro atoms. The first kappa shape index (κ1) is 17.1. The number of nitrogens with zero attached hydrogens (tertiary/aromatic N) is 1. The van der Waals surface area contributed by atoms with Gasteiger partial charge in [-0.1, -0.05) is 42.5 Å². The highest BCUT2D eigenvalue weighted by molar-refractivity contribution is 5.80. The van der Waals surface area contributed by atoms with Crippen molar-refractivity contribution in [2.75, 3.05) is 27.3 Å². The average molecular weight is 337 g/mol. The molecule has 3 rings (SSSR count). The number of rotatable bonds is 5. The molecule has 1 aliphatic rings. The van der Waals surface area contributed by atoms with Gasteiger partial charge in [0.15, 0.2) is 11.5 Å². The molecule has 2 aromatic carbocycles. The van der Waals surface area contributed by atoms with Crippen LogP contribution < -0.4 is 9.47 Å². The van der Waals surface area contributed by atoms with Crippen LogP contribution in [0, 0.1) is 0 Å². The van der Waals surface area contributed by atoms with Crippen LogP contribution in [-0.2, 0) is 11.2 Å². The van der Waals surface area contributed by atoms with Crippen LogP contribution in [0.15, 0.2) is 54.6 Å². The number of carbonyl (C=O) groups excluding carboxylic acids is 1. The topological polar surface area (TPSA) is 38.8 Å². The molecular weight excluding hydrogens is 314 g/mol. The highest BCUT2D eigenvalue weighted by Gasteiger charge is 2.18. The molecule has 1 aliphatic heterocycles. The summed E-state index contributed by atoms with van der Waals surface area (Å²) in [6.07, 6.45) is 3.42. The van der Waals surface area contributed by atoms with Gasteiger partial charge in [-0.05, 0) is 35.3 Å². The van der Waals surface area contributed by atoms with E-state index in [0.29, 0.717) is 24.5 Å². The molecule has 4 heteroatoms. The Morgan fingerprint density at radius 2 is 1.80 bits per heavy atom. The SMILES string of the molecule is COc1ccc(CC(=O)N2CC=C(c3ccccc3)CC2)cc1OC. The van der Waals surface area contributed by atoms with Gasteiger partial charge in [0.25, 0.3) is 0 Å². The van der Waals surface area contributed by atoms with Gasteiger partial charge in [0.2, 0.25) is 5.91 Å². The Bertz CT molecular complexity index is 768. The Kier molecular flexibility index (Phi) is 5.39. The van der Waals surface area contributed by atoms with E-state index in [1.807, 2.05) is 41.3 Å². The van der Waals surface area contributed by atoms with Gasteiger partial charge >= 0.3 is 0 Å². The Morgan fingerprint density at radius 3 is 2.44 bits per heavy atom. The van der Waals surface area contributed by atoms with Gasteiger partial charge in [0.1, 0.15) is 0 Å². The maximum atomic E-state index is 12.6. The summed E-state index contributed by atoms with van der Waals surface area (Å²) in [4.78, 5) is 14.5. The zero-order valence-corrected chi connectivity index (χ0v) is 14.7. The van der Waals surface area contributed by atoms with Crippen LogP contribution in [0.4, 0.5) is 0 Å². The molecule has 0 atom stereocenters. The summed E-state index contributed by atoms with van der Waals surface area (Å²) in [5.74, 6) is 1.46. The van der Waals surface area contributed by atoms with Crippen molar-refractivity contribution in [3.05, 3.63) is 65.7 Å². The monoisotopic (exact) mass is 337 g/mol. The minimum atomic E-state index is 0.135. The number of methoxy groups -OCH3 is 2. The zero-order valence-electron chi connectivity index (χ0n) is 14.7. The molecule has 0 unspecified atom stereocenters. The minimum Gasteiger partial charge on any atom is -0.493 e. The Labute approximate surface area is 148 Å². The predicted octanol–water partition coefficient (Wildman–Crippen LogP) is 3.56. The van der Waals surface area contributed by atoms with E-state index in [1.54, 1.807) is 14.2 Å². The molecule has 0 fully saturated rings. The van der Waals surface area contributed by atoms with Crippen molar-refractivity contribution in [2.24, 2.45) is 0 Å². The van der Waals surface area contributed by atoms with Crippen molar-refractivity contribution >= 4 is 11.5 Å². The summed E-state index contributed by atoms with van der Waals surface area (Å²) in [5.41, 5.74) is 3.49. The number of hydrogen-bond donors (Lipinski definition) is 0. The Balaban J connectivity index is 1.64. The standard InChI is InChI=1S/C21H23NO3/c1-24-19-9-8-16(14-20(19)25-2)15-21(23)22-12-10-18(11-13-22)17-6-4-3-5-7-17/h3-10,14H,11-13,15H2,1-2H3. The predicted molar refractivity (Wildman–Crippen MR) is 98.9 cm³/mol. The van der Waals surface area contributed by atoms with Gasteiger partial charge in [0.05, 0.1) is 20.6 Å². The van der Waals surface area contributed by atoms with Crippen molar-refractivity contribution in [2.45, 2.75) is 12.8 Å². The van der Waals surface area contributed by atoms with Crippen LogP contribution in [0.3, 0.4) is 0 Å². The lowest BCUT2D eigenvalue weighted by Gasteiger charge is -2.27. The second kappa shape index (κ2) is 7.88. The van der Waals surface area contributed by atoms with E-state index in [1.165, 1.54) is 11.1 Å². The molecule has 1 heterocycles. The fourth-order valence-corrected chi connectivity index (χ4v) is 3.09. The third kappa shape index (κ3) is 4.02. The van der Waals surface area contributed by atoms with Crippen molar-refractivity contribution < 1.29 is 14.3 Å². The van der Waals surface area contributed by atoms with Crippen molar-refractivity contribution in [3.63, 3.8) is 0 Å². The number of hydrogen-bond acceptors (Lipinski definition) is 3. The lowest BCUT2D eigenvalue weighted by Crippen LogP contribution is -2.35. The highest BCUT2D eigenvalue weighted by Crippen LogP contribution is 2.28. The van der Waals surface area contributed by atoms with Crippen molar-refractivity contribution in [1.29, 1.82) is 0 Å².